The van der Waals surface area contributed by atoms with E-state index < -0.39 is 11.6 Å². The van der Waals surface area contributed by atoms with Crippen LogP contribution in [0.5, 0.6) is 0 Å². The van der Waals surface area contributed by atoms with Crippen LogP contribution in [0.25, 0.3) is 0 Å². The molecule has 0 atom stereocenters. The zero-order valence-electron chi connectivity index (χ0n) is 19.1. The van der Waals surface area contributed by atoms with Gasteiger partial charge in [-0.2, -0.15) is 0 Å². The Morgan fingerprint density at radius 2 is 1.00 bits per heavy atom. The van der Waals surface area contributed by atoms with Gasteiger partial charge >= 0.3 is 11.9 Å². The molecule has 10 nitrogen and oxygen atoms in total. The molecule has 180 valence electrons. The van der Waals surface area contributed by atoms with Crippen molar-refractivity contribution in [1.82, 2.24) is 0 Å². The number of methoxy groups -OCH3 is 2. The summed E-state index contributed by atoms with van der Waals surface area (Å²) in [4.78, 5) is 21.3. The van der Waals surface area contributed by atoms with E-state index in [-0.39, 0.29) is 25.4 Å². The molecule has 0 aromatic carbocycles. The van der Waals surface area contributed by atoms with Crippen LogP contribution in [-0.4, -0.2) is 103 Å². The zero-order valence-corrected chi connectivity index (χ0v) is 19.1. The first-order valence-electron chi connectivity index (χ1n) is 9.95. The van der Waals surface area contributed by atoms with Gasteiger partial charge in [-0.1, -0.05) is 0 Å². The Morgan fingerprint density at radius 1 is 0.633 bits per heavy atom. The fourth-order valence-electron chi connectivity index (χ4n) is 1.64. The Balaban J connectivity index is 0. The van der Waals surface area contributed by atoms with E-state index in [4.69, 9.17) is 38.3 Å². The Hall–Kier alpha value is -1.30. The highest BCUT2D eigenvalue weighted by Gasteiger charge is 2.15. The Morgan fingerprint density at radius 3 is 1.37 bits per heavy atom. The van der Waals surface area contributed by atoms with Crippen molar-refractivity contribution in [3.8, 4) is 0 Å². The van der Waals surface area contributed by atoms with E-state index >= 15 is 0 Å². The largest absolute Gasteiger partial charge is 0.481 e. The average molecular weight is 441 g/mol. The number of carbonyl (C=O) groups excluding carboxylic acids is 1. The summed E-state index contributed by atoms with van der Waals surface area (Å²) >= 11 is 0. The van der Waals surface area contributed by atoms with Crippen molar-refractivity contribution in [3.05, 3.63) is 0 Å². The summed E-state index contributed by atoms with van der Waals surface area (Å²) in [5.41, 5.74) is -0.430. The van der Waals surface area contributed by atoms with Crippen molar-refractivity contribution < 1.29 is 47.9 Å². The number of rotatable bonds is 18. The molecule has 0 fully saturated rings. The quantitative estimate of drug-likeness (QED) is 0.248. The summed E-state index contributed by atoms with van der Waals surface area (Å²) in [7, 11) is 3.23. The Kier molecular flexibility index (Phi) is 23.1. The van der Waals surface area contributed by atoms with E-state index in [9.17, 15) is 9.59 Å². The van der Waals surface area contributed by atoms with Crippen molar-refractivity contribution in [2.24, 2.45) is 0 Å². The fourth-order valence-corrected chi connectivity index (χ4v) is 1.64. The minimum absolute atomic E-state index is 0.0398. The van der Waals surface area contributed by atoms with Gasteiger partial charge < -0.3 is 38.3 Å². The van der Waals surface area contributed by atoms with Crippen LogP contribution in [0.4, 0.5) is 0 Å². The van der Waals surface area contributed by atoms with Gasteiger partial charge in [0.15, 0.2) is 0 Å². The number of carboxylic acids is 1. The van der Waals surface area contributed by atoms with Gasteiger partial charge in [0.2, 0.25) is 0 Å². The molecular formula is C20H40O10. The molecular weight excluding hydrogens is 400 g/mol. The first kappa shape index (κ1) is 30.9. The Labute approximate surface area is 180 Å². The monoisotopic (exact) mass is 440 g/mol. The van der Waals surface area contributed by atoms with Gasteiger partial charge in [0.05, 0.1) is 78.9 Å². The molecule has 0 radical (unpaired) electrons. The molecule has 0 amide bonds. The summed E-state index contributed by atoms with van der Waals surface area (Å²) in [5, 5.41) is 8.26. The van der Waals surface area contributed by atoms with E-state index in [1.54, 1.807) is 14.2 Å². The predicted molar refractivity (Wildman–Crippen MR) is 110 cm³/mol. The Bertz CT molecular complexity index is 396. The smallest absolute Gasteiger partial charge is 0.308 e. The molecule has 0 rings (SSSR count). The third-order valence-corrected chi connectivity index (χ3v) is 2.94. The zero-order chi connectivity index (χ0) is 23.1. The SMILES string of the molecule is COCCOCCOCCC(=O)O.COCCOCCOCCC(=O)OC(C)(C)C. The van der Waals surface area contributed by atoms with Crippen LogP contribution in [0.1, 0.15) is 33.6 Å². The van der Waals surface area contributed by atoms with Crippen LogP contribution in [0.15, 0.2) is 0 Å². The molecule has 0 aliphatic carbocycles. The van der Waals surface area contributed by atoms with Gasteiger partial charge in [0, 0.05) is 14.2 Å². The number of carboxylic acid groups (broad SMARTS) is 1. The molecule has 30 heavy (non-hydrogen) atoms. The summed E-state index contributed by atoms with van der Waals surface area (Å²) in [6.07, 6.45) is 0.313. The minimum atomic E-state index is -0.847. The molecule has 0 aromatic heterocycles. The van der Waals surface area contributed by atoms with Crippen molar-refractivity contribution in [1.29, 1.82) is 0 Å². The number of aliphatic carboxylic acids is 1. The fraction of sp³-hybridized carbons (Fsp3) is 0.900. The van der Waals surface area contributed by atoms with Gasteiger partial charge in [0.25, 0.3) is 0 Å². The van der Waals surface area contributed by atoms with Gasteiger partial charge in [-0.3, -0.25) is 9.59 Å². The van der Waals surface area contributed by atoms with Crippen LogP contribution in [0.2, 0.25) is 0 Å². The average Bonchev–Trinajstić information content (AvgIpc) is 2.65. The number of hydrogen-bond acceptors (Lipinski definition) is 9. The van der Waals surface area contributed by atoms with Crippen molar-refractivity contribution in [2.75, 3.05) is 80.3 Å². The lowest BCUT2D eigenvalue weighted by atomic mass is 10.2. The van der Waals surface area contributed by atoms with Gasteiger partial charge in [0.1, 0.15) is 5.60 Å². The number of carbonyl (C=O) groups is 2. The van der Waals surface area contributed by atoms with Crippen LogP contribution >= 0.6 is 0 Å². The molecule has 0 saturated heterocycles. The molecule has 0 aliphatic rings. The normalized spacial score (nSPS) is 11.0. The molecule has 1 N–H and O–H groups in total. The second-order valence-corrected chi connectivity index (χ2v) is 6.92. The highest BCUT2D eigenvalue weighted by Crippen LogP contribution is 2.07. The molecule has 0 spiro atoms. The molecule has 0 saturated carbocycles. The van der Waals surface area contributed by atoms with Crippen LogP contribution in [-0.2, 0) is 42.7 Å². The van der Waals surface area contributed by atoms with Crippen LogP contribution in [0, 0.1) is 0 Å². The highest BCUT2D eigenvalue weighted by molar-refractivity contribution is 5.69. The second-order valence-electron chi connectivity index (χ2n) is 6.92. The third-order valence-electron chi connectivity index (χ3n) is 2.94. The van der Waals surface area contributed by atoms with E-state index in [1.165, 1.54) is 0 Å². The van der Waals surface area contributed by atoms with E-state index in [0.717, 1.165) is 0 Å². The molecule has 0 bridgehead atoms. The van der Waals surface area contributed by atoms with E-state index in [1.807, 2.05) is 20.8 Å². The number of ether oxygens (including phenoxy) is 7. The second kappa shape index (κ2) is 22.4. The molecule has 0 aromatic rings. The number of hydrogen-bond donors (Lipinski definition) is 1. The highest BCUT2D eigenvalue weighted by atomic mass is 16.6. The predicted octanol–water partition coefficient (Wildman–Crippen LogP) is 1.54. The third kappa shape index (κ3) is 31.4. The molecule has 0 heterocycles. The first-order chi connectivity index (χ1) is 14.2. The van der Waals surface area contributed by atoms with Gasteiger partial charge in [-0.15, -0.1) is 0 Å². The topological polar surface area (TPSA) is 119 Å². The standard InChI is InChI=1S/C12H24O5.C8H16O5/c1-12(2,3)17-11(13)5-6-15-9-10-16-8-7-14-4;1-11-4-5-13-7-6-12-3-2-8(9)10/h5-10H2,1-4H3;2-7H2,1H3,(H,9,10). The lowest BCUT2D eigenvalue weighted by Crippen LogP contribution is -2.24. The lowest BCUT2D eigenvalue weighted by Gasteiger charge is -2.19. The molecule has 0 aliphatic heterocycles. The summed E-state index contributed by atoms with van der Waals surface area (Å²) in [6.45, 7) is 10.3. The summed E-state index contributed by atoms with van der Waals surface area (Å²) in [5.74, 6) is -1.09. The van der Waals surface area contributed by atoms with Gasteiger partial charge in [-0.05, 0) is 20.8 Å². The van der Waals surface area contributed by atoms with E-state index in [2.05, 4.69) is 0 Å². The minimum Gasteiger partial charge on any atom is -0.481 e. The van der Waals surface area contributed by atoms with Crippen LogP contribution in [0.3, 0.4) is 0 Å². The van der Waals surface area contributed by atoms with Crippen LogP contribution < -0.4 is 0 Å². The van der Waals surface area contributed by atoms with Crippen molar-refractivity contribution in [2.45, 2.75) is 39.2 Å². The maximum Gasteiger partial charge on any atom is 0.308 e. The lowest BCUT2D eigenvalue weighted by molar-refractivity contribution is -0.156. The maximum atomic E-state index is 11.3. The summed E-state index contributed by atoms with van der Waals surface area (Å²) < 4.78 is 35.2. The van der Waals surface area contributed by atoms with Crippen molar-refractivity contribution >= 4 is 11.9 Å². The van der Waals surface area contributed by atoms with Gasteiger partial charge in [-0.25, -0.2) is 0 Å². The molecule has 0 unspecified atom stereocenters. The molecule has 10 heteroatoms. The van der Waals surface area contributed by atoms with Crippen molar-refractivity contribution in [3.63, 3.8) is 0 Å². The maximum absolute atomic E-state index is 11.3. The first-order valence-corrected chi connectivity index (χ1v) is 9.95. The van der Waals surface area contributed by atoms with E-state index in [0.29, 0.717) is 59.5 Å². The summed E-state index contributed by atoms with van der Waals surface area (Å²) in [6, 6.07) is 0. The number of esters is 1.